The average Bonchev–Trinajstić information content (AvgIpc) is 2.88. The van der Waals surface area contributed by atoms with E-state index in [-0.39, 0.29) is 17.9 Å². The van der Waals surface area contributed by atoms with Crippen LogP contribution in [-0.4, -0.2) is 41.6 Å². The molecule has 6 nitrogen and oxygen atoms in total. The minimum absolute atomic E-state index is 0.0179. The van der Waals surface area contributed by atoms with Crippen LogP contribution in [-0.2, 0) is 23.9 Å². The summed E-state index contributed by atoms with van der Waals surface area (Å²) in [5.41, 5.74) is -2.20. The zero-order valence-corrected chi connectivity index (χ0v) is 15.9. The summed E-state index contributed by atoms with van der Waals surface area (Å²) in [7, 11) is 0. The van der Waals surface area contributed by atoms with Gasteiger partial charge in [0.05, 0.1) is 0 Å². The maximum absolute atomic E-state index is 12.5. The van der Waals surface area contributed by atoms with Crippen molar-refractivity contribution in [3.63, 3.8) is 0 Å². The van der Waals surface area contributed by atoms with Gasteiger partial charge in [-0.25, -0.2) is 9.59 Å². The van der Waals surface area contributed by atoms with Gasteiger partial charge in [0, 0.05) is 23.0 Å². The molecular formula is C21H26O6. The third-order valence-electron chi connectivity index (χ3n) is 6.47. The minimum atomic E-state index is -1.67. The lowest BCUT2D eigenvalue weighted by atomic mass is 9.46. The second kappa shape index (κ2) is 6.75. The zero-order valence-electron chi connectivity index (χ0n) is 15.9. The van der Waals surface area contributed by atoms with Gasteiger partial charge in [0.2, 0.25) is 0 Å². The monoisotopic (exact) mass is 374 g/mol. The molecule has 1 heterocycles. The number of aldehydes is 1. The van der Waals surface area contributed by atoms with E-state index in [9.17, 15) is 19.5 Å². The van der Waals surface area contributed by atoms with Gasteiger partial charge in [-0.15, -0.1) is 0 Å². The first-order valence-corrected chi connectivity index (χ1v) is 9.27. The smallest absolute Gasteiger partial charge is 0.343 e. The van der Waals surface area contributed by atoms with Gasteiger partial charge in [-0.2, -0.15) is 0 Å². The van der Waals surface area contributed by atoms with E-state index in [1.165, 1.54) is 24.3 Å². The zero-order chi connectivity index (χ0) is 19.9. The molecule has 3 rings (SSSR count). The van der Waals surface area contributed by atoms with Crippen molar-refractivity contribution in [2.24, 2.45) is 16.7 Å². The van der Waals surface area contributed by atoms with Gasteiger partial charge in [-0.3, -0.25) is 4.79 Å². The van der Waals surface area contributed by atoms with E-state index in [2.05, 4.69) is 13.8 Å². The van der Waals surface area contributed by atoms with Crippen LogP contribution in [0.4, 0.5) is 0 Å². The maximum atomic E-state index is 12.5. The topological polar surface area (TPSA) is 89.9 Å². The highest BCUT2D eigenvalue weighted by molar-refractivity contribution is 5.88. The summed E-state index contributed by atoms with van der Waals surface area (Å²) in [6, 6.07) is 0. The SMILES string of the molecule is CC1(C)CCC[C@]2(C)[C@@H]1[C@@H](OC(=O)/C=C/C=C/C=O)C=C1COC(=O)[C@]12O. The third kappa shape index (κ3) is 2.96. The van der Waals surface area contributed by atoms with E-state index in [1.807, 2.05) is 6.92 Å². The molecular weight excluding hydrogens is 348 g/mol. The largest absolute Gasteiger partial charge is 0.459 e. The Kier molecular flexibility index (Phi) is 4.89. The van der Waals surface area contributed by atoms with Crippen molar-refractivity contribution in [1.82, 2.24) is 0 Å². The third-order valence-corrected chi connectivity index (χ3v) is 6.47. The molecule has 1 aliphatic heterocycles. The van der Waals surface area contributed by atoms with Crippen LogP contribution in [0.2, 0.25) is 0 Å². The van der Waals surface area contributed by atoms with Crippen molar-refractivity contribution < 1.29 is 29.0 Å². The Morgan fingerprint density at radius 3 is 2.70 bits per heavy atom. The molecule has 146 valence electrons. The average molecular weight is 374 g/mol. The molecule has 1 N–H and O–H groups in total. The number of allylic oxidation sites excluding steroid dienone is 3. The molecule has 4 atom stereocenters. The Hall–Kier alpha value is -2.21. The standard InChI is InChI=1S/C21H26O6/c1-19(2)9-7-10-20(3)17(19)15(27-16(23)8-5-4-6-11-22)12-14-13-26-18(24)21(14,20)25/h4-6,8,11-12,15,17,25H,7,9-10,13H2,1-3H3/b6-4+,8-5+/t15-,17+,20+,21+/m0/s1. The van der Waals surface area contributed by atoms with Gasteiger partial charge in [0.15, 0.2) is 5.60 Å². The van der Waals surface area contributed by atoms with E-state index >= 15 is 0 Å². The molecule has 0 bridgehead atoms. The number of hydrogen-bond acceptors (Lipinski definition) is 6. The van der Waals surface area contributed by atoms with Crippen LogP contribution in [0.25, 0.3) is 0 Å². The van der Waals surface area contributed by atoms with Crippen molar-refractivity contribution in [2.75, 3.05) is 6.61 Å². The quantitative estimate of drug-likeness (QED) is 0.267. The summed E-state index contributed by atoms with van der Waals surface area (Å²) in [5.74, 6) is -1.38. The molecule has 0 spiro atoms. The summed E-state index contributed by atoms with van der Waals surface area (Å²) < 4.78 is 10.9. The van der Waals surface area contributed by atoms with Crippen molar-refractivity contribution >= 4 is 18.2 Å². The van der Waals surface area contributed by atoms with Crippen molar-refractivity contribution in [1.29, 1.82) is 0 Å². The summed E-state index contributed by atoms with van der Waals surface area (Å²) in [6.45, 7) is 6.09. The first-order chi connectivity index (χ1) is 12.7. The fraction of sp³-hybridized carbons (Fsp3) is 0.571. The molecule has 2 fully saturated rings. The predicted molar refractivity (Wildman–Crippen MR) is 97.4 cm³/mol. The van der Waals surface area contributed by atoms with E-state index in [0.717, 1.165) is 12.8 Å². The molecule has 1 saturated carbocycles. The molecule has 6 heteroatoms. The molecule has 27 heavy (non-hydrogen) atoms. The van der Waals surface area contributed by atoms with Crippen LogP contribution < -0.4 is 0 Å². The van der Waals surface area contributed by atoms with Crippen molar-refractivity contribution in [2.45, 2.75) is 51.7 Å². The van der Waals surface area contributed by atoms with Gasteiger partial charge in [0.1, 0.15) is 19.0 Å². The predicted octanol–water partition coefficient (Wildman–Crippen LogP) is 2.27. The lowest BCUT2D eigenvalue weighted by Crippen LogP contribution is -2.65. The van der Waals surface area contributed by atoms with E-state index in [1.54, 1.807) is 6.08 Å². The van der Waals surface area contributed by atoms with Gasteiger partial charge < -0.3 is 14.6 Å². The molecule has 0 aromatic carbocycles. The van der Waals surface area contributed by atoms with Crippen LogP contribution >= 0.6 is 0 Å². The van der Waals surface area contributed by atoms with E-state index in [4.69, 9.17) is 9.47 Å². The van der Waals surface area contributed by atoms with Crippen molar-refractivity contribution in [3.05, 3.63) is 36.0 Å². The fourth-order valence-electron chi connectivity index (χ4n) is 5.36. The number of esters is 2. The molecule has 0 amide bonds. The van der Waals surface area contributed by atoms with Gasteiger partial charge >= 0.3 is 11.9 Å². The molecule has 1 saturated heterocycles. The lowest BCUT2D eigenvalue weighted by Gasteiger charge is -2.59. The van der Waals surface area contributed by atoms with Crippen LogP contribution in [0.3, 0.4) is 0 Å². The van der Waals surface area contributed by atoms with Crippen molar-refractivity contribution in [3.8, 4) is 0 Å². The number of ether oxygens (including phenoxy) is 2. The molecule has 0 radical (unpaired) electrons. The number of carbonyl (C=O) groups is 3. The molecule has 0 aromatic heterocycles. The Labute approximate surface area is 158 Å². The Morgan fingerprint density at radius 2 is 2.00 bits per heavy atom. The number of carbonyl (C=O) groups excluding carboxylic acids is 3. The van der Waals surface area contributed by atoms with Crippen LogP contribution in [0.5, 0.6) is 0 Å². The number of cyclic esters (lactones) is 1. The first kappa shape index (κ1) is 19.5. The van der Waals surface area contributed by atoms with Gasteiger partial charge in [-0.05, 0) is 30.4 Å². The highest BCUT2D eigenvalue weighted by Crippen LogP contribution is 2.63. The number of hydrogen-bond donors (Lipinski definition) is 1. The second-order valence-corrected chi connectivity index (χ2v) is 8.50. The Bertz CT molecular complexity index is 746. The van der Waals surface area contributed by atoms with Gasteiger partial charge in [0.25, 0.3) is 0 Å². The first-order valence-electron chi connectivity index (χ1n) is 9.27. The molecule has 2 aliphatic carbocycles. The van der Waals surface area contributed by atoms with Gasteiger partial charge in [-0.1, -0.05) is 39.3 Å². The normalized spacial score (nSPS) is 37.5. The Morgan fingerprint density at radius 1 is 1.26 bits per heavy atom. The number of aliphatic hydroxyl groups is 1. The lowest BCUT2D eigenvalue weighted by molar-refractivity contribution is -0.194. The van der Waals surface area contributed by atoms with Crippen LogP contribution in [0, 0.1) is 16.7 Å². The van der Waals surface area contributed by atoms with Crippen LogP contribution in [0.1, 0.15) is 40.0 Å². The van der Waals surface area contributed by atoms with E-state index in [0.29, 0.717) is 18.3 Å². The highest BCUT2D eigenvalue weighted by Gasteiger charge is 2.69. The Balaban J connectivity index is 1.98. The molecule has 3 aliphatic rings. The number of rotatable bonds is 4. The second-order valence-electron chi connectivity index (χ2n) is 8.50. The van der Waals surface area contributed by atoms with E-state index < -0.39 is 29.1 Å². The molecule has 0 aromatic rings. The van der Waals surface area contributed by atoms with Crippen LogP contribution in [0.15, 0.2) is 36.0 Å². The summed E-state index contributed by atoms with van der Waals surface area (Å²) in [6.07, 6.45) is 9.59. The summed E-state index contributed by atoms with van der Waals surface area (Å²) in [5, 5.41) is 11.4. The summed E-state index contributed by atoms with van der Waals surface area (Å²) in [4.78, 5) is 35.0. The maximum Gasteiger partial charge on any atom is 0.343 e. The summed E-state index contributed by atoms with van der Waals surface area (Å²) >= 11 is 0. The molecule has 0 unspecified atom stereocenters. The fourth-order valence-corrected chi connectivity index (χ4v) is 5.36. The number of fused-ring (bicyclic) bond motifs is 3. The highest BCUT2D eigenvalue weighted by atomic mass is 16.6. The minimum Gasteiger partial charge on any atom is -0.459 e.